The van der Waals surface area contributed by atoms with Crippen LogP contribution in [0.1, 0.15) is 16.2 Å². The minimum Gasteiger partial charge on any atom is -0.505 e. The molecule has 0 saturated carbocycles. The third kappa shape index (κ3) is 4.73. The number of carbonyl (C=O) groups is 2. The van der Waals surface area contributed by atoms with Gasteiger partial charge < -0.3 is 20.3 Å². The fourth-order valence-electron chi connectivity index (χ4n) is 3.09. The van der Waals surface area contributed by atoms with Gasteiger partial charge in [0, 0.05) is 16.5 Å². The molecule has 0 atom stereocenters. The number of carbonyl (C=O) groups excluding carboxylic acids is 1. The normalized spacial score (nSPS) is 11.7. The monoisotopic (exact) mass is 412 g/mol. The van der Waals surface area contributed by atoms with E-state index in [4.69, 9.17) is 4.74 Å². The SMILES string of the molecule is BC(B)(NC(=O)c1nc(C(B)(B)B)c2cc(Oc3ccccc3)ccc2c1O)C(=O)O. The number of para-hydroxylation sites is 1. The van der Waals surface area contributed by atoms with E-state index in [2.05, 4.69) is 10.3 Å². The molecule has 0 spiro atoms. The van der Waals surface area contributed by atoms with E-state index >= 15 is 0 Å². The van der Waals surface area contributed by atoms with Gasteiger partial charge in [-0.25, -0.2) is 4.98 Å². The van der Waals surface area contributed by atoms with Crippen LogP contribution >= 0.6 is 0 Å². The summed E-state index contributed by atoms with van der Waals surface area (Å²) in [6.07, 6.45) is 0. The molecule has 0 aliphatic rings. The van der Waals surface area contributed by atoms with Gasteiger partial charge in [-0.05, 0) is 30.3 Å². The highest BCUT2D eigenvalue weighted by Gasteiger charge is 2.32. The van der Waals surface area contributed by atoms with E-state index in [1.54, 1.807) is 18.2 Å². The van der Waals surface area contributed by atoms with Gasteiger partial charge in [0.15, 0.2) is 11.4 Å². The summed E-state index contributed by atoms with van der Waals surface area (Å²) in [7, 11) is 8.56. The molecule has 1 aromatic heterocycles. The van der Waals surface area contributed by atoms with Crippen LogP contribution in [0, 0.1) is 0 Å². The lowest BCUT2D eigenvalue weighted by Gasteiger charge is -2.24. The number of pyridine rings is 1. The number of carboxylic acids is 1. The first-order chi connectivity index (χ1) is 14.4. The Balaban J connectivity index is 2.13. The number of aromatic nitrogens is 1. The van der Waals surface area contributed by atoms with Gasteiger partial charge in [-0.1, -0.05) is 23.3 Å². The summed E-state index contributed by atoms with van der Waals surface area (Å²) < 4.78 is 5.91. The zero-order valence-corrected chi connectivity index (χ0v) is 18.2. The van der Waals surface area contributed by atoms with Crippen molar-refractivity contribution < 1.29 is 24.5 Å². The van der Waals surface area contributed by atoms with Crippen LogP contribution in [0.3, 0.4) is 0 Å². The fraction of sp³-hybridized carbons (Fsp3) is 0.105. The first kappa shape index (κ1) is 22.4. The summed E-state index contributed by atoms with van der Waals surface area (Å²) in [5, 5.41) is 21.6. The molecule has 152 valence electrons. The average molecular weight is 411 g/mol. The molecule has 12 heteroatoms. The maximum atomic E-state index is 12.8. The number of amides is 1. The van der Waals surface area contributed by atoms with Crippen molar-refractivity contribution in [3.63, 3.8) is 0 Å². The largest absolute Gasteiger partial charge is 0.505 e. The molecule has 0 bridgehead atoms. The van der Waals surface area contributed by atoms with Crippen LogP contribution in [0.4, 0.5) is 0 Å². The van der Waals surface area contributed by atoms with Crippen molar-refractivity contribution in [2.75, 3.05) is 0 Å². The lowest BCUT2D eigenvalue weighted by atomic mass is 9.41. The molecule has 0 radical (unpaired) electrons. The molecular formula is C19H21B5N2O5. The molecule has 0 fully saturated rings. The second-order valence-corrected chi connectivity index (χ2v) is 8.91. The lowest BCUT2D eigenvalue weighted by molar-refractivity contribution is -0.138. The molecular weight excluding hydrogens is 390 g/mol. The van der Waals surface area contributed by atoms with Crippen LogP contribution in [-0.2, 0) is 9.91 Å². The lowest BCUT2D eigenvalue weighted by Crippen LogP contribution is -2.56. The van der Waals surface area contributed by atoms with Gasteiger partial charge in [0.05, 0.1) is 28.9 Å². The summed E-state index contributed by atoms with van der Waals surface area (Å²) in [4.78, 5) is 28.6. The number of benzene rings is 2. The molecule has 7 nitrogen and oxygen atoms in total. The number of hydrogen-bond acceptors (Lipinski definition) is 5. The molecule has 31 heavy (non-hydrogen) atoms. The van der Waals surface area contributed by atoms with E-state index in [1.165, 1.54) is 15.7 Å². The number of hydrogen-bond donors (Lipinski definition) is 3. The van der Waals surface area contributed by atoms with Gasteiger partial charge >= 0.3 is 5.97 Å². The minimum atomic E-state index is -1.52. The number of rotatable bonds is 6. The van der Waals surface area contributed by atoms with Crippen molar-refractivity contribution in [3.8, 4) is 17.2 Å². The summed E-state index contributed by atoms with van der Waals surface area (Å²) in [6.45, 7) is 0. The maximum Gasteiger partial charge on any atom is 0.311 e. The van der Waals surface area contributed by atoms with Crippen LogP contribution in [0.2, 0.25) is 0 Å². The van der Waals surface area contributed by atoms with Crippen molar-refractivity contribution >= 4 is 61.9 Å². The molecule has 3 aromatic rings. The van der Waals surface area contributed by atoms with Crippen molar-refractivity contribution in [1.29, 1.82) is 0 Å². The third-order valence-electron chi connectivity index (χ3n) is 4.81. The second-order valence-electron chi connectivity index (χ2n) is 8.91. The number of fused-ring (bicyclic) bond motifs is 1. The maximum absolute atomic E-state index is 12.8. The molecule has 1 heterocycles. The Morgan fingerprint density at radius 1 is 0.935 bits per heavy atom. The van der Waals surface area contributed by atoms with E-state index in [9.17, 15) is 19.8 Å². The fourth-order valence-corrected chi connectivity index (χ4v) is 3.09. The molecule has 3 N–H and O–H groups in total. The Morgan fingerprint density at radius 2 is 1.58 bits per heavy atom. The van der Waals surface area contributed by atoms with Crippen LogP contribution in [0.5, 0.6) is 17.2 Å². The van der Waals surface area contributed by atoms with Crippen molar-refractivity contribution in [2.45, 2.75) is 10.5 Å². The zero-order valence-electron chi connectivity index (χ0n) is 18.2. The minimum absolute atomic E-state index is 0.219. The zero-order chi connectivity index (χ0) is 23.0. The van der Waals surface area contributed by atoms with Crippen LogP contribution in [-0.4, -0.2) is 71.6 Å². The third-order valence-corrected chi connectivity index (χ3v) is 4.81. The van der Waals surface area contributed by atoms with Gasteiger partial charge in [-0.2, -0.15) is 0 Å². The molecule has 2 aromatic carbocycles. The molecule has 1 amide bonds. The Morgan fingerprint density at radius 3 is 2.16 bits per heavy atom. The summed E-state index contributed by atoms with van der Waals surface area (Å²) in [6, 6.07) is 14.4. The van der Waals surface area contributed by atoms with Gasteiger partial charge in [-0.15, -0.1) is 0 Å². The van der Waals surface area contributed by atoms with Crippen molar-refractivity contribution in [3.05, 3.63) is 59.9 Å². The average Bonchev–Trinajstić information content (AvgIpc) is 2.67. The van der Waals surface area contributed by atoms with Gasteiger partial charge in [0.2, 0.25) is 0 Å². The van der Waals surface area contributed by atoms with E-state index in [0.717, 1.165) is 0 Å². The van der Waals surface area contributed by atoms with E-state index in [0.29, 0.717) is 28.0 Å². The first-order valence-corrected chi connectivity index (χ1v) is 9.86. The van der Waals surface area contributed by atoms with Gasteiger partial charge in [0.25, 0.3) is 5.91 Å². The Bertz CT molecular complexity index is 1170. The number of carboxylic acid groups (broad SMARTS) is 1. The van der Waals surface area contributed by atoms with E-state index in [-0.39, 0.29) is 11.4 Å². The number of ether oxygens (including phenoxy) is 1. The molecule has 3 rings (SSSR count). The number of aliphatic carboxylic acids is 1. The Hall–Kier alpha value is -3.29. The second kappa shape index (κ2) is 8.09. The van der Waals surface area contributed by atoms with Crippen molar-refractivity contribution in [1.82, 2.24) is 10.3 Å². The summed E-state index contributed by atoms with van der Waals surface area (Å²) in [5.74, 6) is -1.03. The Labute approximate surface area is 184 Å². The molecule has 0 saturated heterocycles. The van der Waals surface area contributed by atoms with Crippen LogP contribution < -0.4 is 10.1 Å². The van der Waals surface area contributed by atoms with E-state index < -0.39 is 22.3 Å². The molecule has 0 aliphatic heterocycles. The number of nitrogens with zero attached hydrogens (tertiary/aromatic N) is 1. The number of nitrogens with one attached hydrogen (secondary N) is 1. The predicted octanol–water partition coefficient (Wildman–Crippen LogP) is -2.52. The van der Waals surface area contributed by atoms with E-state index in [1.807, 2.05) is 53.9 Å². The van der Waals surface area contributed by atoms with Gasteiger partial charge in [0.1, 0.15) is 27.2 Å². The quantitative estimate of drug-likeness (QED) is 0.386. The standard InChI is InChI=1S/C19H21B5N2O5/c20-18(21,22)15-12-8-10(31-9-4-2-1-3-5-9)6-7-11(12)14(27)13(25-15)16(28)26-19(23,24)17(29)30/h1-8,27H,20-24H2,(H,26,28)(H,29,30). The van der Waals surface area contributed by atoms with Crippen molar-refractivity contribution in [2.24, 2.45) is 0 Å². The highest BCUT2D eigenvalue weighted by molar-refractivity contribution is 6.59. The molecule has 0 aliphatic carbocycles. The smallest absolute Gasteiger partial charge is 0.311 e. The predicted molar refractivity (Wildman–Crippen MR) is 132 cm³/mol. The van der Waals surface area contributed by atoms with Crippen LogP contribution in [0.25, 0.3) is 10.8 Å². The first-order valence-electron chi connectivity index (χ1n) is 9.86. The van der Waals surface area contributed by atoms with Crippen LogP contribution in [0.15, 0.2) is 48.5 Å². The highest BCUT2D eigenvalue weighted by atomic mass is 16.5. The summed E-state index contributed by atoms with van der Waals surface area (Å²) >= 11 is 0. The topological polar surface area (TPSA) is 109 Å². The highest BCUT2D eigenvalue weighted by Crippen LogP contribution is 2.36. The molecule has 0 unspecified atom stereocenters. The van der Waals surface area contributed by atoms with Gasteiger partial charge in [-0.3, -0.25) is 9.59 Å². The summed E-state index contributed by atoms with van der Waals surface area (Å²) in [5.41, 5.74) is 0.362. The number of aromatic hydroxyl groups is 1. The Kier molecular flexibility index (Phi) is 5.85.